The number of hydrogen-bond acceptors (Lipinski definition) is 6. The fraction of sp³-hybridized carbons (Fsp3) is 0.222. The smallest absolute Gasteiger partial charge is 0.387 e. The summed E-state index contributed by atoms with van der Waals surface area (Å²) >= 11 is 0. The van der Waals surface area contributed by atoms with E-state index in [1.54, 1.807) is 6.07 Å². The first-order chi connectivity index (χ1) is 12.4. The highest BCUT2D eigenvalue weighted by atomic mass is 19.3. The topological polar surface area (TPSA) is 71.1 Å². The Labute approximate surface area is 148 Å². The molecule has 138 valence electrons. The molecule has 2 aromatic carbocycles. The van der Waals surface area contributed by atoms with Crippen molar-refractivity contribution in [1.29, 1.82) is 0 Å². The highest BCUT2D eigenvalue weighted by molar-refractivity contribution is 6.01. The molecule has 0 bridgehead atoms. The van der Waals surface area contributed by atoms with Gasteiger partial charge < -0.3 is 18.9 Å². The lowest BCUT2D eigenvalue weighted by Gasteiger charge is -2.10. The first-order valence-electron chi connectivity index (χ1n) is 7.42. The van der Waals surface area contributed by atoms with E-state index in [1.165, 1.54) is 50.6 Å². The summed E-state index contributed by atoms with van der Waals surface area (Å²) in [6.45, 7) is -3.46. The number of alkyl halides is 2. The summed E-state index contributed by atoms with van der Waals surface area (Å²) in [4.78, 5) is 24.2. The normalized spacial score (nSPS) is 10.3. The molecule has 0 aliphatic heterocycles. The van der Waals surface area contributed by atoms with Crippen LogP contribution in [0.4, 0.5) is 8.78 Å². The number of carbonyl (C=O) groups is 2. The van der Waals surface area contributed by atoms with E-state index in [0.717, 1.165) is 0 Å². The number of rotatable bonds is 8. The number of halogens is 2. The second-order valence-electron chi connectivity index (χ2n) is 4.97. The number of ether oxygens (including phenoxy) is 4. The van der Waals surface area contributed by atoms with E-state index < -0.39 is 25.0 Å². The van der Waals surface area contributed by atoms with E-state index in [-0.39, 0.29) is 16.9 Å². The molecule has 0 heterocycles. The molecule has 0 atom stereocenters. The van der Waals surface area contributed by atoms with Gasteiger partial charge in [0.05, 0.1) is 25.3 Å². The van der Waals surface area contributed by atoms with Crippen molar-refractivity contribution >= 4 is 11.8 Å². The Morgan fingerprint density at radius 2 is 1.62 bits per heavy atom. The van der Waals surface area contributed by atoms with Gasteiger partial charge in [0.15, 0.2) is 6.61 Å². The van der Waals surface area contributed by atoms with Gasteiger partial charge in [-0.05, 0) is 36.4 Å². The van der Waals surface area contributed by atoms with Gasteiger partial charge in [-0.1, -0.05) is 0 Å². The molecule has 0 saturated heterocycles. The maximum atomic E-state index is 12.2. The van der Waals surface area contributed by atoms with Crippen LogP contribution >= 0.6 is 0 Å². The van der Waals surface area contributed by atoms with Gasteiger partial charge in [0.25, 0.3) is 0 Å². The predicted molar refractivity (Wildman–Crippen MR) is 87.2 cm³/mol. The monoisotopic (exact) mass is 366 g/mol. The molecular formula is C18H16F2O6. The number of ketones is 1. The summed E-state index contributed by atoms with van der Waals surface area (Å²) < 4.78 is 43.5. The minimum absolute atomic E-state index is 0.0874. The molecular weight excluding hydrogens is 350 g/mol. The van der Waals surface area contributed by atoms with E-state index in [2.05, 4.69) is 4.74 Å². The van der Waals surface area contributed by atoms with Crippen molar-refractivity contribution in [2.75, 3.05) is 20.8 Å². The zero-order valence-electron chi connectivity index (χ0n) is 14.0. The van der Waals surface area contributed by atoms with Crippen molar-refractivity contribution in [3.63, 3.8) is 0 Å². The maximum Gasteiger partial charge on any atom is 0.387 e. The Bertz CT molecular complexity index is 774. The summed E-state index contributed by atoms with van der Waals surface area (Å²) in [6.07, 6.45) is 0. The van der Waals surface area contributed by atoms with Crippen molar-refractivity contribution in [1.82, 2.24) is 0 Å². The zero-order valence-corrected chi connectivity index (χ0v) is 14.0. The molecule has 0 unspecified atom stereocenters. The molecule has 0 aliphatic carbocycles. The second-order valence-corrected chi connectivity index (χ2v) is 4.97. The van der Waals surface area contributed by atoms with Gasteiger partial charge in [0, 0.05) is 6.07 Å². The van der Waals surface area contributed by atoms with Crippen LogP contribution in [0.1, 0.15) is 20.7 Å². The van der Waals surface area contributed by atoms with Gasteiger partial charge in [-0.3, -0.25) is 4.79 Å². The lowest BCUT2D eigenvalue weighted by Crippen LogP contribution is -2.15. The number of benzene rings is 2. The van der Waals surface area contributed by atoms with Gasteiger partial charge in [-0.2, -0.15) is 8.78 Å². The molecule has 0 aromatic heterocycles. The Balaban J connectivity index is 1.99. The number of methoxy groups -OCH3 is 2. The molecule has 0 N–H and O–H groups in total. The second kappa shape index (κ2) is 8.80. The molecule has 8 heteroatoms. The molecule has 0 aliphatic rings. The molecule has 0 fully saturated rings. The third-order valence-electron chi connectivity index (χ3n) is 3.36. The molecule has 0 amide bonds. The van der Waals surface area contributed by atoms with Crippen LogP contribution in [0.2, 0.25) is 0 Å². The summed E-state index contributed by atoms with van der Waals surface area (Å²) in [7, 11) is 2.89. The molecule has 6 nitrogen and oxygen atoms in total. The number of Topliss-reactive ketones (excluding diaryl/α,β-unsaturated/α-hetero) is 1. The fourth-order valence-electron chi connectivity index (χ4n) is 2.09. The van der Waals surface area contributed by atoms with Crippen molar-refractivity contribution in [2.45, 2.75) is 6.61 Å². The molecule has 2 aromatic rings. The SMILES string of the molecule is COc1ccc(C(=O)COC(=O)c2ccc(OC(F)F)cc2)c(OC)c1. The van der Waals surface area contributed by atoms with E-state index in [9.17, 15) is 18.4 Å². The van der Waals surface area contributed by atoms with Crippen molar-refractivity contribution in [3.8, 4) is 17.2 Å². The fourth-order valence-corrected chi connectivity index (χ4v) is 2.09. The molecule has 0 saturated carbocycles. The molecule has 0 spiro atoms. The average Bonchev–Trinajstić information content (AvgIpc) is 2.65. The largest absolute Gasteiger partial charge is 0.497 e. The van der Waals surface area contributed by atoms with E-state index in [0.29, 0.717) is 11.5 Å². The van der Waals surface area contributed by atoms with Crippen LogP contribution in [0.3, 0.4) is 0 Å². The Morgan fingerprint density at radius 1 is 0.962 bits per heavy atom. The van der Waals surface area contributed by atoms with Crippen LogP contribution in [-0.2, 0) is 4.74 Å². The summed E-state index contributed by atoms with van der Waals surface area (Å²) in [5.41, 5.74) is 0.336. The van der Waals surface area contributed by atoms with Crippen LogP contribution in [-0.4, -0.2) is 39.2 Å². The van der Waals surface area contributed by atoms with Gasteiger partial charge in [0.2, 0.25) is 5.78 Å². The van der Waals surface area contributed by atoms with Crippen LogP contribution in [0, 0.1) is 0 Å². The third kappa shape index (κ3) is 4.92. The summed E-state index contributed by atoms with van der Waals surface area (Å²) in [5, 5.41) is 0. The van der Waals surface area contributed by atoms with Gasteiger partial charge in [-0.25, -0.2) is 4.79 Å². The standard InChI is InChI=1S/C18H16F2O6/c1-23-13-7-8-14(16(9-13)24-2)15(21)10-25-17(22)11-3-5-12(6-4-11)26-18(19)20/h3-9,18H,10H2,1-2H3. The third-order valence-corrected chi connectivity index (χ3v) is 3.36. The van der Waals surface area contributed by atoms with Gasteiger partial charge in [-0.15, -0.1) is 0 Å². The maximum absolute atomic E-state index is 12.2. The summed E-state index contributed by atoms with van der Waals surface area (Å²) in [5.74, 6) is -0.513. The highest BCUT2D eigenvalue weighted by Crippen LogP contribution is 2.25. The summed E-state index contributed by atoms with van der Waals surface area (Å²) in [6, 6.07) is 9.56. The lowest BCUT2D eigenvalue weighted by molar-refractivity contribution is -0.0498. The zero-order chi connectivity index (χ0) is 19.1. The minimum Gasteiger partial charge on any atom is -0.497 e. The van der Waals surface area contributed by atoms with Crippen molar-refractivity contribution < 1.29 is 37.3 Å². The molecule has 26 heavy (non-hydrogen) atoms. The highest BCUT2D eigenvalue weighted by Gasteiger charge is 2.16. The Morgan fingerprint density at radius 3 is 2.19 bits per heavy atom. The minimum atomic E-state index is -2.95. The Hall–Kier alpha value is -3.16. The van der Waals surface area contributed by atoms with Gasteiger partial charge in [0.1, 0.15) is 17.2 Å². The van der Waals surface area contributed by atoms with Crippen molar-refractivity contribution in [2.24, 2.45) is 0 Å². The van der Waals surface area contributed by atoms with Gasteiger partial charge >= 0.3 is 12.6 Å². The number of esters is 1. The number of hydrogen-bond donors (Lipinski definition) is 0. The van der Waals surface area contributed by atoms with Crippen LogP contribution in [0.15, 0.2) is 42.5 Å². The van der Waals surface area contributed by atoms with Crippen molar-refractivity contribution in [3.05, 3.63) is 53.6 Å². The quantitative estimate of drug-likeness (QED) is 0.527. The first kappa shape index (κ1) is 19.2. The molecule has 0 radical (unpaired) electrons. The lowest BCUT2D eigenvalue weighted by atomic mass is 10.1. The van der Waals surface area contributed by atoms with E-state index in [4.69, 9.17) is 14.2 Å². The first-order valence-corrected chi connectivity index (χ1v) is 7.42. The van der Waals surface area contributed by atoms with E-state index >= 15 is 0 Å². The van der Waals surface area contributed by atoms with Crippen LogP contribution in [0.25, 0.3) is 0 Å². The predicted octanol–water partition coefficient (Wildman–Crippen LogP) is 3.34. The van der Waals surface area contributed by atoms with E-state index in [1.807, 2.05) is 0 Å². The molecule has 2 rings (SSSR count). The number of carbonyl (C=O) groups excluding carboxylic acids is 2. The van der Waals surface area contributed by atoms with Crippen LogP contribution < -0.4 is 14.2 Å². The Kier molecular flexibility index (Phi) is 6.48. The van der Waals surface area contributed by atoms with Crippen LogP contribution in [0.5, 0.6) is 17.2 Å². The average molecular weight is 366 g/mol.